The third kappa shape index (κ3) is 3.35. The topological polar surface area (TPSA) is 39.1 Å². The van der Waals surface area contributed by atoms with Crippen molar-refractivity contribution in [2.45, 2.75) is 27.0 Å². The molecule has 0 fully saturated rings. The molecule has 0 unspecified atom stereocenters. The minimum absolute atomic E-state index is 0.542. The Bertz CT molecular complexity index is 534. The molecule has 19 heavy (non-hydrogen) atoms. The van der Waals surface area contributed by atoms with Gasteiger partial charge >= 0.3 is 0 Å². The Labute approximate surface area is 114 Å². The molecule has 0 saturated heterocycles. The number of aromatic nitrogens is 2. The summed E-state index contributed by atoms with van der Waals surface area (Å²) in [6.07, 6.45) is 3.62. The lowest BCUT2D eigenvalue weighted by Gasteiger charge is -2.14. The number of para-hydroxylation sites is 1. The van der Waals surface area contributed by atoms with Crippen molar-refractivity contribution in [1.29, 1.82) is 0 Å². The Hall–Kier alpha value is -1.81. The second-order valence-electron chi connectivity index (χ2n) is 4.63. The van der Waals surface area contributed by atoms with E-state index in [0.717, 1.165) is 30.1 Å². The summed E-state index contributed by atoms with van der Waals surface area (Å²) >= 11 is 0. The maximum absolute atomic E-state index is 5.99. The van der Waals surface area contributed by atoms with Crippen molar-refractivity contribution < 1.29 is 4.74 Å². The molecule has 102 valence electrons. The SMILES string of the molecule is CCNCc1cccc(C)c1OCc1cncn1C. The molecule has 1 N–H and O–H groups in total. The van der Waals surface area contributed by atoms with Gasteiger partial charge in [-0.1, -0.05) is 25.1 Å². The average molecular weight is 259 g/mol. The average Bonchev–Trinajstić information content (AvgIpc) is 2.81. The minimum Gasteiger partial charge on any atom is -0.487 e. The molecular weight excluding hydrogens is 238 g/mol. The molecule has 0 saturated carbocycles. The fourth-order valence-corrected chi connectivity index (χ4v) is 1.99. The van der Waals surface area contributed by atoms with Crippen molar-refractivity contribution in [1.82, 2.24) is 14.9 Å². The van der Waals surface area contributed by atoms with Gasteiger partial charge in [0.25, 0.3) is 0 Å². The standard InChI is InChI=1S/C15H21N3O/c1-4-16-8-13-7-5-6-12(2)15(13)19-10-14-9-17-11-18(14)3/h5-7,9,11,16H,4,8,10H2,1-3H3. The Morgan fingerprint density at radius 3 is 2.89 bits per heavy atom. The molecule has 1 aromatic heterocycles. The second-order valence-corrected chi connectivity index (χ2v) is 4.63. The zero-order valence-electron chi connectivity index (χ0n) is 11.8. The zero-order valence-corrected chi connectivity index (χ0v) is 11.8. The van der Waals surface area contributed by atoms with Crippen LogP contribution in [0.1, 0.15) is 23.7 Å². The van der Waals surface area contributed by atoms with Crippen LogP contribution in [0.25, 0.3) is 0 Å². The first-order chi connectivity index (χ1) is 9.22. The fourth-order valence-electron chi connectivity index (χ4n) is 1.99. The van der Waals surface area contributed by atoms with Crippen LogP contribution in [0.5, 0.6) is 5.75 Å². The van der Waals surface area contributed by atoms with Crippen molar-refractivity contribution in [3.05, 3.63) is 47.5 Å². The summed E-state index contributed by atoms with van der Waals surface area (Å²) in [6.45, 7) is 6.51. The van der Waals surface area contributed by atoms with E-state index in [0.29, 0.717) is 6.61 Å². The molecule has 1 heterocycles. The Balaban J connectivity index is 2.12. The lowest BCUT2D eigenvalue weighted by Crippen LogP contribution is -2.13. The first-order valence-corrected chi connectivity index (χ1v) is 6.59. The highest BCUT2D eigenvalue weighted by molar-refractivity contribution is 5.40. The van der Waals surface area contributed by atoms with Crippen LogP contribution in [0, 0.1) is 6.92 Å². The summed E-state index contributed by atoms with van der Waals surface area (Å²) in [6, 6.07) is 6.25. The van der Waals surface area contributed by atoms with Crippen LogP contribution in [-0.4, -0.2) is 16.1 Å². The Morgan fingerprint density at radius 1 is 1.37 bits per heavy atom. The predicted molar refractivity (Wildman–Crippen MR) is 76.1 cm³/mol. The molecule has 0 atom stereocenters. The van der Waals surface area contributed by atoms with Crippen molar-refractivity contribution in [2.24, 2.45) is 7.05 Å². The summed E-state index contributed by atoms with van der Waals surface area (Å²) in [5, 5.41) is 3.34. The zero-order chi connectivity index (χ0) is 13.7. The maximum atomic E-state index is 5.99. The largest absolute Gasteiger partial charge is 0.487 e. The highest BCUT2D eigenvalue weighted by Gasteiger charge is 2.08. The van der Waals surface area contributed by atoms with E-state index in [1.54, 1.807) is 6.33 Å². The minimum atomic E-state index is 0.542. The van der Waals surface area contributed by atoms with Crippen LogP contribution in [0.4, 0.5) is 0 Å². The van der Waals surface area contributed by atoms with Gasteiger partial charge in [-0.2, -0.15) is 0 Å². The van der Waals surface area contributed by atoms with Crippen molar-refractivity contribution in [2.75, 3.05) is 6.54 Å². The number of aryl methyl sites for hydroxylation is 2. The van der Waals surface area contributed by atoms with Crippen LogP contribution in [-0.2, 0) is 20.2 Å². The Morgan fingerprint density at radius 2 is 2.21 bits per heavy atom. The van der Waals surface area contributed by atoms with E-state index in [2.05, 4.69) is 42.3 Å². The number of ether oxygens (including phenoxy) is 1. The van der Waals surface area contributed by atoms with Gasteiger partial charge in [-0.05, 0) is 19.0 Å². The van der Waals surface area contributed by atoms with E-state index in [-0.39, 0.29) is 0 Å². The van der Waals surface area contributed by atoms with Gasteiger partial charge in [0.1, 0.15) is 12.4 Å². The molecule has 2 rings (SSSR count). The van der Waals surface area contributed by atoms with Gasteiger partial charge in [-0.25, -0.2) is 4.98 Å². The number of imidazole rings is 1. The van der Waals surface area contributed by atoms with Crippen LogP contribution < -0.4 is 10.1 Å². The first kappa shape index (κ1) is 13.6. The van der Waals surface area contributed by atoms with E-state index >= 15 is 0 Å². The second kappa shape index (κ2) is 6.38. The number of hydrogen-bond acceptors (Lipinski definition) is 3. The quantitative estimate of drug-likeness (QED) is 0.866. The van der Waals surface area contributed by atoms with Crippen molar-refractivity contribution in [3.63, 3.8) is 0 Å². The molecule has 0 spiro atoms. The number of rotatable bonds is 6. The number of benzene rings is 1. The van der Waals surface area contributed by atoms with Crippen molar-refractivity contribution >= 4 is 0 Å². The first-order valence-electron chi connectivity index (χ1n) is 6.59. The van der Waals surface area contributed by atoms with Crippen LogP contribution in [0.2, 0.25) is 0 Å². The fraction of sp³-hybridized carbons (Fsp3) is 0.400. The van der Waals surface area contributed by atoms with Gasteiger partial charge in [0.2, 0.25) is 0 Å². The number of nitrogens with zero attached hydrogens (tertiary/aromatic N) is 2. The van der Waals surface area contributed by atoms with Crippen LogP contribution in [0.15, 0.2) is 30.7 Å². The summed E-state index contributed by atoms with van der Waals surface area (Å²) in [5.74, 6) is 0.977. The highest BCUT2D eigenvalue weighted by Crippen LogP contribution is 2.24. The molecule has 1 aromatic carbocycles. The lowest BCUT2D eigenvalue weighted by molar-refractivity contribution is 0.291. The van der Waals surface area contributed by atoms with Gasteiger partial charge in [0.15, 0.2) is 0 Å². The molecule has 0 bridgehead atoms. The monoisotopic (exact) mass is 259 g/mol. The van der Waals surface area contributed by atoms with Crippen LogP contribution >= 0.6 is 0 Å². The number of nitrogens with one attached hydrogen (secondary N) is 1. The molecule has 0 radical (unpaired) electrons. The summed E-state index contributed by atoms with van der Waals surface area (Å²) in [5.41, 5.74) is 3.43. The molecule has 4 nitrogen and oxygen atoms in total. The van der Waals surface area contributed by atoms with Gasteiger partial charge in [0, 0.05) is 19.2 Å². The van der Waals surface area contributed by atoms with Gasteiger partial charge < -0.3 is 14.6 Å². The molecule has 0 aliphatic heterocycles. The summed E-state index contributed by atoms with van der Waals surface area (Å²) in [4.78, 5) is 4.10. The normalized spacial score (nSPS) is 10.7. The molecule has 0 amide bonds. The van der Waals surface area contributed by atoms with E-state index in [4.69, 9.17) is 4.74 Å². The van der Waals surface area contributed by atoms with E-state index < -0.39 is 0 Å². The van der Waals surface area contributed by atoms with E-state index in [9.17, 15) is 0 Å². The third-order valence-corrected chi connectivity index (χ3v) is 3.14. The molecule has 0 aliphatic carbocycles. The van der Waals surface area contributed by atoms with Gasteiger partial charge in [-0.15, -0.1) is 0 Å². The predicted octanol–water partition coefficient (Wildman–Crippen LogP) is 2.42. The molecular formula is C15H21N3O. The third-order valence-electron chi connectivity index (χ3n) is 3.14. The molecule has 4 heteroatoms. The molecule has 0 aliphatic rings. The summed E-state index contributed by atoms with van der Waals surface area (Å²) < 4.78 is 7.96. The number of hydrogen-bond donors (Lipinski definition) is 1. The molecule has 2 aromatic rings. The van der Waals surface area contributed by atoms with Gasteiger partial charge in [0.05, 0.1) is 18.2 Å². The highest BCUT2D eigenvalue weighted by atomic mass is 16.5. The summed E-state index contributed by atoms with van der Waals surface area (Å²) in [7, 11) is 1.98. The maximum Gasteiger partial charge on any atom is 0.130 e. The van der Waals surface area contributed by atoms with Gasteiger partial charge in [-0.3, -0.25) is 0 Å². The van der Waals surface area contributed by atoms with E-state index in [1.807, 2.05) is 17.8 Å². The van der Waals surface area contributed by atoms with E-state index in [1.165, 1.54) is 5.56 Å². The lowest BCUT2D eigenvalue weighted by atomic mass is 10.1. The van der Waals surface area contributed by atoms with Crippen molar-refractivity contribution in [3.8, 4) is 5.75 Å². The Kier molecular flexibility index (Phi) is 4.58. The van der Waals surface area contributed by atoms with Crippen LogP contribution in [0.3, 0.4) is 0 Å². The smallest absolute Gasteiger partial charge is 0.130 e.